The maximum absolute atomic E-state index is 13.0. The van der Waals surface area contributed by atoms with Crippen molar-refractivity contribution in [1.82, 2.24) is 9.38 Å². The van der Waals surface area contributed by atoms with Crippen LogP contribution in [0.15, 0.2) is 71.0 Å². The number of thiazole rings is 1. The second-order valence-electron chi connectivity index (χ2n) is 6.47. The first-order chi connectivity index (χ1) is 14.8. The molecule has 1 N–H and O–H groups in total. The number of ether oxygens (including phenoxy) is 1. The van der Waals surface area contributed by atoms with E-state index in [1.54, 1.807) is 29.8 Å². The van der Waals surface area contributed by atoms with Gasteiger partial charge in [-0.3, -0.25) is 9.20 Å². The molecule has 2 aromatic heterocycles. The van der Waals surface area contributed by atoms with Gasteiger partial charge in [0, 0.05) is 23.3 Å². The zero-order valence-corrected chi connectivity index (χ0v) is 16.5. The Morgan fingerprint density at radius 3 is 2.74 bits per heavy atom. The number of carbonyl (C=O) groups is 1. The molecule has 158 valence electrons. The minimum absolute atomic E-state index is 0.133. The summed E-state index contributed by atoms with van der Waals surface area (Å²) in [4.78, 5) is 29.4. The summed E-state index contributed by atoms with van der Waals surface area (Å²) in [6.45, 7) is -0.222. The van der Waals surface area contributed by atoms with Crippen LogP contribution in [0.3, 0.4) is 0 Å². The number of aromatic nitrogens is 2. The van der Waals surface area contributed by atoms with E-state index in [2.05, 4.69) is 10.3 Å². The Labute approximate surface area is 177 Å². The summed E-state index contributed by atoms with van der Waals surface area (Å²) in [5.41, 5.74) is -0.206. The van der Waals surface area contributed by atoms with Crippen LogP contribution in [0.2, 0.25) is 0 Å². The Morgan fingerprint density at radius 1 is 1.13 bits per heavy atom. The van der Waals surface area contributed by atoms with E-state index in [1.807, 2.05) is 0 Å². The third-order valence-corrected chi connectivity index (χ3v) is 5.08. The number of hydrogen-bond acceptors (Lipinski definition) is 6. The Kier molecular flexibility index (Phi) is 5.47. The van der Waals surface area contributed by atoms with Crippen LogP contribution in [0.4, 0.5) is 24.5 Å². The van der Waals surface area contributed by atoms with Crippen molar-refractivity contribution in [2.45, 2.75) is 12.8 Å². The standard InChI is InChI=1S/C21H14F3N3O3S/c22-21(23,24)13-4-3-5-14(10-13)25-17-7-2-1-6-16(17)19(29)30-12-15-11-18(28)27-8-9-31-20(27)26-15/h1-11,25H,12H2. The molecular formula is C21H14F3N3O3S. The molecular weight excluding hydrogens is 431 g/mol. The van der Waals surface area contributed by atoms with Gasteiger partial charge in [0.05, 0.1) is 22.5 Å². The number of rotatable bonds is 5. The molecule has 2 aromatic carbocycles. The third kappa shape index (κ3) is 4.58. The van der Waals surface area contributed by atoms with Gasteiger partial charge >= 0.3 is 12.1 Å². The molecule has 0 amide bonds. The van der Waals surface area contributed by atoms with Gasteiger partial charge < -0.3 is 10.1 Å². The fourth-order valence-electron chi connectivity index (χ4n) is 2.88. The molecule has 0 aliphatic heterocycles. The second kappa shape index (κ2) is 8.23. The molecule has 0 atom stereocenters. The molecule has 0 aliphatic rings. The second-order valence-corrected chi connectivity index (χ2v) is 7.34. The zero-order valence-electron chi connectivity index (χ0n) is 15.7. The van der Waals surface area contributed by atoms with Gasteiger partial charge in [-0.05, 0) is 30.3 Å². The van der Waals surface area contributed by atoms with Gasteiger partial charge in [-0.25, -0.2) is 9.78 Å². The lowest BCUT2D eigenvalue weighted by Crippen LogP contribution is -2.15. The number of benzene rings is 2. The van der Waals surface area contributed by atoms with Crippen molar-refractivity contribution in [3.8, 4) is 0 Å². The summed E-state index contributed by atoms with van der Waals surface area (Å²) >= 11 is 1.27. The quantitative estimate of drug-likeness (QED) is 0.444. The molecule has 10 heteroatoms. The number of esters is 1. The predicted octanol–water partition coefficient (Wildman–Crippen LogP) is 4.88. The van der Waals surface area contributed by atoms with Gasteiger partial charge in [0.25, 0.3) is 5.56 Å². The van der Waals surface area contributed by atoms with Crippen LogP contribution in [-0.4, -0.2) is 15.4 Å². The number of nitrogens with zero attached hydrogens (tertiary/aromatic N) is 2. The number of carbonyl (C=O) groups excluding carboxylic acids is 1. The summed E-state index contributed by atoms with van der Waals surface area (Å²) in [5.74, 6) is -0.705. The zero-order chi connectivity index (χ0) is 22.0. The first kappa shape index (κ1) is 20.6. The molecule has 2 heterocycles. The molecule has 31 heavy (non-hydrogen) atoms. The lowest BCUT2D eigenvalue weighted by atomic mass is 10.1. The van der Waals surface area contributed by atoms with Gasteiger partial charge in [-0.1, -0.05) is 18.2 Å². The van der Waals surface area contributed by atoms with Crippen molar-refractivity contribution in [3.05, 3.63) is 93.3 Å². The molecule has 6 nitrogen and oxygen atoms in total. The fourth-order valence-corrected chi connectivity index (χ4v) is 3.62. The van der Waals surface area contributed by atoms with E-state index in [0.29, 0.717) is 10.7 Å². The van der Waals surface area contributed by atoms with Crippen molar-refractivity contribution in [2.75, 3.05) is 5.32 Å². The van der Waals surface area contributed by atoms with E-state index in [0.717, 1.165) is 12.1 Å². The van der Waals surface area contributed by atoms with Gasteiger partial charge in [0.15, 0.2) is 4.96 Å². The summed E-state index contributed by atoms with van der Waals surface area (Å²) < 4.78 is 45.5. The van der Waals surface area contributed by atoms with Gasteiger partial charge in [0.1, 0.15) is 6.61 Å². The highest BCUT2D eigenvalue weighted by Crippen LogP contribution is 2.32. The van der Waals surface area contributed by atoms with E-state index >= 15 is 0 Å². The lowest BCUT2D eigenvalue weighted by Gasteiger charge is -2.13. The van der Waals surface area contributed by atoms with Crippen LogP contribution in [0.25, 0.3) is 4.96 Å². The number of fused-ring (bicyclic) bond motifs is 1. The summed E-state index contributed by atoms with van der Waals surface area (Å²) in [6.07, 6.45) is -2.88. The number of nitrogens with one attached hydrogen (secondary N) is 1. The maximum atomic E-state index is 13.0. The molecule has 4 aromatic rings. The molecule has 0 unspecified atom stereocenters. The van der Waals surface area contributed by atoms with Crippen LogP contribution < -0.4 is 10.9 Å². The number of anilines is 2. The first-order valence-electron chi connectivity index (χ1n) is 8.97. The summed E-state index contributed by atoms with van der Waals surface area (Å²) in [6, 6.07) is 12.2. The number of hydrogen-bond donors (Lipinski definition) is 1. The van der Waals surface area contributed by atoms with E-state index in [-0.39, 0.29) is 29.1 Å². The SMILES string of the molecule is O=C(OCc1cc(=O)n2ccsc2n1)c1ccccc1Nc1cccc(C(F)(F)F)c1. The van der Waals surface area contributed by atoms with Gasteiger partial charge in [-0.2, -0.15) is 13.2 Å². The van der Waals surface area contributed by atoms with Crippen molar-refractivity contribution in [3.63, 3.8) is 0 Å². The Morgan fingerprint density at radius 2 is 1.94 bits per heavy atom. The predicted molar refractivity (Wildman–Crippen MR) is 110 cm³/mol. The smallest absolute Gasteiger partial charge is 0.416 e. The van der Waals surface area contributed by atoms with E-state index in [9.17, 15) is 22.8 Å². The largest absolute Gasteiger partial charge is 0.456 e. The summed E-state index contributed by atoms with van der Waals surface area (Å²) in [5, 5.41) is 4.54. The van der Waals surface area contributed by atoms with Crippen molar-refractivity contribution in [1.29, 1.82) is 0 Å². The number of halogens is 3. The molecule has 4 rings (SSSR count). The summed E-state index contributed by atoms with van der Waals surface area (Å²) in [7, 11) is 0. The molecule has 0 saturated heterocycles. The Bertz CT molecular complexity index is 1310. The average molecular weight is 445 g/mol. The van der Waals surface area contributed by atoms with E-state index in [1.165, 1.54) is 40.0 Å². The fraction of sp³-hybridized carbons (Fsp3) is 0.0952. The average Bonchev–Trinajstić information content (AvgIpc) is 3.21. The third-order valence-electron chi connectivity index (χ3n) is 4.32. The van der Waals surface area contributed by atoms with Crippen LogP contribution in [0.1, 0.15) is 21.6 Å². The topological polar surface area (TPSA) is 72.7 Å². The Hall–Kier alpha value is -3.66. The molecule has 0 saturated carbocycles. The maximum Gasteiger partial charge on any atom is 0.416 e. The minimum Gasteiger partial charge on any atom is -0.456 e. The van der Waals surface area contributed by atoms with Crippen LogP contribution in [-0.2, 0) is 17.5 Å². The lowest BCUT2D eigenvalue weighted by molar-refractivity contribution is -0.137. The molecule has 0 fully saturated rings. The first-order valence-corrected chi connectivity index (χ1v) is 9.85. The van der Waals surface area contributed by atoms with Crippen molar-refractivity contribution >= 4 is 33.6 Å². The Balaban J connectivity index is 1.52. The van der Waals surface area contributed by atoms with Crippen molar-refractivity contribution in [2.24, 2.45) is 0 Å². The van der Waals surface area contributed by atoms with Crippen LogP contribution >= 0.6 is 11.3 Å². The number of para-hydroxylation sites is 1. The van der Waals surface area contributed by atoms with Gasteiger partial charge in [-0.15, -0.1) is 11.3 Å². The van der Waals surface area contributed by atoms with Crippen LogP contribution in [0, 0.1) is 0 Å². The molecule has 0 radical (unpaired) electrons. The van der Waals surface area contributed by atoms with Crippen molar-refractivity contribution < 1.29 is 22.7 Å². The highest BCUT2D eigenvalue weighted by atomic mass is 32.1. The monoisotopic (exact) mass is 445 g/mol. The number of alkyl halides is 3. The minimum atomic E-state index is -4.48. The molecule has 0 bridgehead atoms. The normalized spacial score (nSPS) is 11.5. The van der Waals surface area contributed by atoms with E-state index < -0.39 is 17.7 Å². The van der Waals surface area contributed by atoms with E-state index in [4.69, 9.17) is 4.74 Å². The highest BCUT2D eigenvalue weighted by molar-refractivity contribution is 7.15. The molecule has 0 spiro atoms. The van der Waals surface area contributed by atoms with Crippen LogP contribution in [0.5, 0.6) is 0 Å². The van der Waals surface area contributed by atoms with Gasteiger partial charge in [0.2, 0.25) is 0 Å². The highest BCUT2D eigenvalue weighted by Gasteiger charge is 2.30. The molecule has 0 aliphatic carbocycles.